The van der Waals surface area contributed by atoms with Crippen LogP contribution in [-0.2, 0) is 0 Å². The Hall–Kier alpha value is -1.46. The van der Waals surface area contributed by atoms with Gasteiger partial charge in [-0.05, 0) is 39.1 Å². The first-order valence-electron chi connectivity index (χ1n) is 7.14. The van der Waals surface area contributed by atoms with Gasteiger partial charge in [0.15, 0.2) is 5.78 Å². The van der Waals surface area contributed by atoms with Gasteiger partial charge in [0, 0.05) is 25.2 Å². The van der Waals surface area contributed by atoms with Crippen LogP contribution >= 0.6 is 0 Å². The summed E-state index contributed by atoms with van der Waals surface area (Å²) in [7, 11) is 3.58. The fourth-order valence-electron chi connectivity index (χ4n) is 2.66. The van der Waals surface area contributed by atoms with Gasteiger partial charge in [0.25, 0.3) is 0 Å². The number of halogens is 1. The number of carbonyl (C=O) groups is 1. The Morgan fingerprint density at radius 1 is 1.38 bits per heavy atom. The molecule has 1 fully saturated rings. The summed E-state index contributed by atoms with van der Waals surface area (Å²) in [6, 6.07) is 4.05. The van der Waals surface area contributed by atoms with Crippen molar-refractivity contribution in [3.63, 3.8) is 0 Å². The number of ketones is 1. The van der Waals surface area contributed by atoms with Crippen LogP contribution in [0.2, 0.25) is 0 Å². The van der Waals surface area contributed by atoms with E-state index in [1.807, 2.05) is 0 Å². The molecule has 0 aliphatic carbocycles. The van der Waals surface area contributed by atoms with E-state index in [-0.39, 0.29) is 17.9 Å². The van der Waals surface area contributed by atoms with Gasteiger partial charge in [-0.15, -0.1) is 0 Å². The summed E-state index contributed by atoms with van der Waals surface area (Å²) in [6.45, 7) is 7.17. The molecule has 2 rings (SSSR count). The molecular weight excluding hydrogens is 271 g/mol. The Balaban J connectivity index is 2.10. The Bertz CT molecular complexity index is 531. The summed E-state index contributed by atoms with van der Waals surface area (Å²) < 4.78 is 18.5. The monoisotopic (exact) mass is 294 g/mol. The molecule has 0 N–H and O–H groups in total. The lowest BCUT2D eigenvalue weighted by atomic mass is 9.99. The van der Waals surface area contributed by atoms with E-state index in [1.165, 1.54) is 25.3 Å². The van der Waals surface area contributed by atoms with Crippen LogP contribution in [0, 0.1) is 5.82 Å². The maximum absolute atomic E-state index is 13.4. The normalized spacial score (nSPS) is 19.5. The summed E-state index contributed by atoms with van der Waals surface area (Å²) in [5.74, 6) is -0.0978. The van der Waals surface area contributed by atoms with Crippen molar-refractivity contribution in [2.75, 3.05) is 40.3 Å². The van der Waals surface area contributed by atoms with Crippen molar-refractivity contribution < 1.29 is 13.9 Å². The van der Waals surface area contributed by atoms with E-state index in [2.05, 4.69) is 30.7 Å². The smallest absolute Gasteiger partial charge is 0.180 e. The third-order valence-electron chi connectivity index (χ3n) is 4.22. The van der Waals surface area contributed by atoms with Crippen LogP contribution in [0.1, 0.15) is 24.2 Å². The second kappa shape index (κ2) is 6.12. The Morgan fingerprint density at radius 2 is 2.10 bits per heavy atom. The van der Waals surface area contributed by atoms with E-state index in [0.29, 0.717) is 11.3 Å². The molecule has 1 saturated heterocycles. The van der Waals surface area contributed by atoms with Gasteiger partial charge in [0.2, 0.25) is 0 Å². The van der Waals surface area contributed by atoms with Crippen molar-refractivity contribution in [2.24, 2.45) is 0 Å². The lowest BCUT2D eigenvalue weighted by Gasteiger charge is -2.45. The zero-order valence-electron chi connectivity index (χ0n) is 13.1. The number of nitrogens with zero attached hydrogens (tertiary/aromatic N) is 2. The van der Waals surface area contributed by atoms with Crippen molar-refractivity contribution in [3.8, 4) is 5.75 Å². The van der Waals surface area contributed by atoms with E-state index in [1.54, 1.807) is 0 Å². The van der Waals surface area contributed by atoms with E-state index in [9.17, 15) is 9.18 Å². The first-order chi connectivity index (χ1) is 9.83. The summed E-state index contributed by atoms with van der Waals surface area (Å²) in [6.07, 6.45) is 0. The van der Waals surface area contributed by atoms with Crippen LogP contribution in [0.15, 0.2) is 18.2 Å². The number of hydrogen-bond donors (Lipinski definition) is 0. The van der Waals surface area contributed by atoms with Gasteiger partial charge in [-0.25, -0.2) is 4.39 Å². The number of benzene rings is 1. The molecule has 0 unspecified atom stereocenters. The fraction of sp³-hybridized carbons (Fsp3) is 0.562. The molecule has 1 aromatic rings. The molecule has 1 aliphatic heterocycles. The largest absolute Gasteiger partial charge is 0.496 e. The number of methoxy groups -OCH3 is 1. The van der Waals surface area contributed by atoms with Crippen molar-refractivity contribution in [2.45, 2.75) is 19.4 Å². The fourth-order valence-corrected chi connectivity index (χ4v) is 2.66. The van der Waals surface area contributed by atoms with E-state index < -0.39 is 5.82 Å². The van der Waals surface area contributed by atoms with E-state index in [4.69, 9.17) is 4.74 Å². The molecule has 0 bridgehead atoms. The minimum absolute atomic E-state index is 0.0323. The third kappa shape index (κ3) is 3.60. The molecule has 0 amide bonds. The van der Waals surface area contributed by atoms with Crippen LogP contribution < -0.4 is 4.74 Å². The molecule has 21 heavy (non-hydrogen) atoms. The quantitative estimate of drug-likeness (QED) is 0.796. The zero-order valence-corrected chi connectivity index (χ0v) is 13.1. The first kappa shape index (κ1) is 15.9. The van der Waals surface area contributed by atoms with Gasteiger partial charge in [-0.1, -0.05) is 0 Å². The Morgan fingerprint density at radius 3 is 2.71 bits per heavy atom. The second-order valence-corrected chi connectivity index (χ2v) is 6.21. The predicted molar refractivity (Wildman–Crippen MR) is 80.4 cm³/mol. The number of piperazine rings is 1. The van der Waals surface area contributed by atoms with Crippen molar-refractivity contribution in [1.82, 2.24) is 9.80 Å². The standard InChI is InChI=1S/C16H23FN2O2/c1-16(2)11-19(8-7-18(16)3)10-14(20)13-9-12(17)5-6-15(13)21-4/h5-6,9H,7-8,10-11H2,1-4H3. The molecular formula is C16H23FN2O2. The first-order valence-corrected chi connectivity index (χ1v) is 7.14. The molecule has 1 heterocycles. The van der Waals surface area contributed by atoms with Gasteiger partial charge in [0.1, 0.15) is 11.6 Å². The maximum atomic E-state index is 13.4. The van der Waals surface area contributed by atoms with Gasteiger partial charge < -0.3 is 4.74 Å². The van der Waals surface area contributed by atoms with Crippen LogP contribution in [-0.4, -0.2) is 61.5 Å². The van der Waals surface area contributed by atoms with Crippen molar-refractivity contribution >= 4 is 5.78 Å². The highest BCUT2D eigenvalue weighted by Crippen LogP contribution is 2.22. The molecule has 4 nitrogen and oxygen atoms in total. The van der Waals surface area contributed by atoms with Crippen molar-refractivity contribution in [3.05, 3.63) is 29.6 Å². The van der Waals surface area contributed by atoms with Gasteiger partial charge in [-0.2, -0.15) is 0 Å². The average molecular weight is 294 g/mol. The molecule has 0 aromatic heterocycles. The van der Waals surface area contributed by atoms with E-state index in [0.717, 1.165) is 19.6 Å². The molecule has 5 heteroatoms. The van der Waals surface area contributed by atoms with Crippen LogP contribution in [0.3, 0.4) is 0 Å². The zero-order chi connectivity index (χ0) is 15.6. The Kier molecular flexibility index (Phi) is 4.64. The van der Waals surface area contributed by atoms with Crippen LogP contribution in [0.5, 0.6) is 5.75 Å². The van der Waals surface area contributed by atoms with Crippen molar-refractivity contribution in [1.29, 1.82) is 0 Å². The molecule has 1 aromatic carbocycles. The summed E-state index contributed by atoms with van der Waals surface area (Å²) >= 11 is 0. The average Bonchev–Trinajstić information content (AvgIpc) is 2.42. The molecule has 0 atom stereocenters. The summed E-state index contributed by atoms with van der Waals surface area (Å²) in [4.78, 5) is 16.8. The number of likely N-dealkylation sites (N-methyl/N-ethyl adjacent to an activating group) is 1. The highest BCUT2D eigenvalue weighted by atomic mass is 19.1. The lowest BCUT2D eigenvalue weighted by molar-refractivity contribution is 0.0389. The Labute approximate surface area is 125 Å². The van der Waals surface area contributed by atoms with Crippen LogP contribution in [0.25, 0.3) is 0 Å². The topological polar surface area (TPSA) is 32.8 Å². The van der Waals surface area contributed by atoms with Gasteiger partial charge in [0.05, 0.1) is 19.2 Å². The third-order valence-corrected chi connectivity index (χ3v) is 4.22. The number of rotatable bonds is 4. The number of hydrogen-bond acceptors (Lipinski definition) is 4. The van der Waals surface area contributed by atoms with Crippen LogP contribution in [0.4, 0.5) is 4.39 Å². The molecule has 0 saturated carbocycles. The number of carbonyl (C=O) groups excluding carboxylic acids is 1. The molecule has 0 radical (unpaired) electrons. The molecule has 116 valence electrons. The number of Topliss-reactive ketones (excluding diaryl/α,β-unsaturated/α-hetero) is 1. The van der Waals surface area contributed by atoms with Gasteiger partial charge in [-0.3, -0.25) is 14.6 Å². The minimum atomic E-state index is -0.419. The SMILES string of the molecule is COc1ccc(F)cc1C(=O)CN1CCN(C)C(C)(C)C1. The second-order valence-electron chi connectivity index (χ2n) is 6.21. The highest BCUT2D eigenvalue weighted by Gasteiger charge is 2.32. The molecule has 0 spiro atoms. The van der Waals surface area contributed by atoms with E-state index >= 15 is 0 Å². The van der Waals surface area contributed by atoms with Gasteiger partial charge >= 0.3 is 0 Å². The highest BCUT2D eigenvalue weighted by molar-refractivity contribution is 6.00. The summed E-state index contributed by atoms with van der Waals surface area (Å²) in [5.41, 5.74) is 0.346. The predicted octanol–water partition coefficient (Wildman–Crippen LogP) is 2.04. The number of ether oxygens (including phenoxy) is 1. The summed E-state index contributed by atoms with van der Waals surface area (Å²) in [5, 5.41) is 0. The lowest BCUT2D eigenvalue weighted by Crippen LogP contribution is -2.58. The maximum Gasteiger partial charge on any atom is 0.180 e. The molecule has 1 aliphatic rings. The minimum Gasteiger partial charge on any atom is -0.496 e.